The van der Waals surface area contributed by atoms with Gasteiger partial charge in [0.1, 0.15) is 0 Å². The molecule has 1 heterocycles. The lowest BCUT2D eigenvalue weighted by atomic mass is 10.1. The number of nitrogens with two attached hydrogens (primary N) is 1. The van der Waals surface area contributed by atoms with Crippen molar-refractivity contribution in [1.29, 1.82) is 0 Å². The highest BCUT2D eigenvalue weighted by Gasteiger charge is 2.35. The number of benzene rings is 1. The Morgan fingerprint density at radius 2 is 1.82 bits per heavy atom. The van der Waals surface area contributed by atoms with Gasteiger partial charge in [-0.15, -0.1) is 0 Å². The van der Waals surface area contributed by atoms with Crippen LogP contribution in [0.5, 0.6) is 0 Å². The van der Waals surface area contributed by atoms with Crippen LogP contribution < -0.4 is 5.73 Å². The average Bonchev–Trinajstić information content (AvgIpc) is 2.60. The van der Waals surface area contributed by atoms with Gasteiger partial charge in [0, 0.05) is 19.1 Å². The van der Waals surface area contributed by atoms with E-state index in [9.17, 15) is 8.42 Å². The molecule has 0 amide bonds. The normalized spacial score (nSPS) is 26.3. The molecule has 1 saturated heterocycles. The van der Waals surface area contributed by atoms with Gasteiger partial charge in [-0.2, -0.15) is 4.31 Å². The molecule has 0 radical (unpaired) electrons. The molecule has 1 aromatic rings. The zero-order chi connectivity index (χ0) is 12.6. The van der Waals surface area contributed by atoms with Crippen LogP contribution in [0.2, 0.25) is 0 Å². The maximum absolute atomic E-state index is 12.3. The van der Waals surface area contributed by atoms with Gasteiger partial charge in [0.15, 0.2) is 0 Å². The second-order valence-electron chi connectivity index (χ2n) is 4.78. The van der Waals surface area contributed by atoms with E-state index in [0.717, 1.165) is 5.56 Å². The fourth-order valence-electron chi connectivity index (χ4n) is 2.00. The van der Waals surface area contributed by atoms with Crippen molar-refractivity contribution in [1.82, 2.24) is 4.31 Å². The Morgan fingerprint density at radius 1 is 1.24 bits per heavy atom. The Bertz CT molecular complexity index is 486. The van der Waals surface area contributed by atoms with E-state index >= 15 is 0 Å². The third-order valence-electron chi connectivity index (χ3n) is 3.30. The van der Waals surface area contributed by atoms with Crippen molar-refractivity contribution < 1.29 is 8.42 Å². The van der Waals surface area contributed by atoms with E-state index in [1.54, 1.807) is 12.1 Å². The second-order valence-corrected chi connectivity index (χ2v) is 6.71. The smallest absolute Gasteiger partial charge is 0.243 e. The molecule has 2 unspecified atom stereocenters. The Morgan fingerprint density at radius 3 is 2.29 bits per heavy atom. The molecule has 0 bridgehead atoms. The van der Waals surface area contributed by atoms with Crippen molar-refractivity contribution in [3.8, 4) is 0 Å². The fraction of sp³-hybridized carbons (Fsp3) is 0.500. The second kappa shape index (κ2) is 4.40. The molecule has 0 aromatic heterocycles. The summed E-state index contributed by atoms with van der Waals surface area (Å²) < 4.78 is 26.1. The van der Waals surface area contributed by atoms with Gasteiger partial charge in [0.05, 0.1) is 4.90 Å². The first kappa shape index (κ1) is 12.5. The van der Waals surface area contributed by atoms with Crippen molar-refractivity contribution in [2.45, 2.75) is 24.8 Å². The molecule has 94 valence electrons. The molecule has 2 N–H and O–H groups in total. The van der Waals surface area contributed by atoms with Gasteiger partial charge in [-0.1, -0.05) is 24.6 Å². The van der Waals surface area contributed by atoms with Crippen LogP contribution in [0.15, 0.2) is 29.2 Å². The standard InChI is InChI=1S/C12H18N2O2S/c1-9-3-5-11(6-4-9)17(15,16)14-7-10(2)12(13)8-14/h3-6,10,12H,7-8,13H2,1-2H3. The summed E-state index contributed by atoms with van der Waals surface area (Å²) in [4.78, 5) is 0.351. The Kier molecular flexibility index (Phi) is 3.25. The van der Waals surface area contributed by atoms with E-state index in [-0.39, 0.29) is 12.0 Å². The van der Waals surface area contributed by atoms with Crippen LogP contribution >= 0.6 is 0 Å². The minimum atomic E-state index is -3.37. The zero-order valence-corrected chi connectivity index (χ0v) is 10.9. The van der Waals surface area contributed by atoms with E-state index in [2.05, 4.69) is 0 Å². The number of aryl methyl sites for hydroxylation is 1. The van der Waals surface area contributed by atoms with Gasteiger partial charge >= 0.3 is 0 Å². The third kappa shape index (κ3) is 2.36. The van der Waals surface area contributed by atoms with Crippen molar-refractivity contribution in [3.63, 3.8) is 0 Å². The molecule has 0 spiro atoms. The summed E-state index contributed by atoms with van der Waals surface area (Å²) in [5.74, 6) is 0.218. The van der Waals surface area contributed by atoms with Gasteiger partial charge in [-0.05, 0) is 25.0 Å². The van der Waals surface area contributed by atoms with Gasteiger partial charge in [0.2, 0.25) is 10.0 Å². The van der Waals surface area contributed by atoms with E-state index in [1.165, 1.54) is 4.31 Å². The van der Waals surface area contributed by atoms with Gasteiger partial charge in [-0.3, -0.25) is 0 Å². The first-order valence-corrected chi connectivity index (χ1v) is 7.17. The van der Waals surface area contributed by atoms with Crippen LogP contribution in [-0.4, -0.2) is 31.9 Å². The number of rotatable bonds is 2. The maximum atomic E-state index is 12.3. The predicted octanol–water partition coefficient (Wildman–Crippen LogP) is 0.963. The first-order chi connectivity index (χ1) is 7.91. The van der Waals surface area contributed by atoms with E-state index in [4.69, 9.17) is 5.73 Å². The summed E-state index contributed by atoms with van der Waals surface area (Å²) in [6.45, 7) is 4.84. The molecule has 0 saturated carbocycles. The minimum Gasteiger partial charge on any atom is -0.326 e. The van der Waals surface area contributed by atoms with Crippen LogP contribution in [0, 0.1) is 12.8 Å². The molecule has 1 aliphatic heterocycles. The molecule has 4 nitrogen and oxygen atoms in total. The van der Waals surface area contributed by atoms with E-state index < -0.39 is 10.0 Å². The van der Waals surface area contributed by atoms with Gasteiger partial charge in [0.25, 0.3) is 0 Å². The van der Waals surface area contributed by atoms with Crippen molar-refractivity contribution in [3.05, 3.63) is 29.8 Å². The molecule has 5 heteroatoms. The van der Waals surface area contributed by atoms with Crippen LogP contribution in [-0.2, 0) is 10.0 Å². The van der Waals surface area contributed by atoms with Gasteiger partial charge in [-0.25, -0.2) is 8.42 Å². The molecular weight excluding hydrogens is 236 g/mol. The summed E-state index contributed by atoms with van der Waals surface area (Å²) in [7, 11) is -3.37. The van der Waals surface area contributed by atoms with Crippen LogP contribution in [0.25, 0.3) is 0 Å². The van der Waals surface area contributed by atoms with Crippen LogP contribution in [0.3, 0.4) is 0 Å². The van der Waals surface area contributed by atoms with E-state index in [0.29, 0.717) is 18.0 Å². The summed E-state index contributed by atoms with van der Waals surface area (Å²) in [5, 5.41) is 0. The quantitative estimate of drug-likeness (QED) is 0.855. The van der Waals surface area contributed by atoms with Crippen LogP contribution in [0.4, 0.5) is 0 Å². The minimum absolute atomic E-state index is 0.0600. The highest BCUT2D eigenvalue weighted by molar-refractivity contribution is 7.89. The first-order valence-electron chi connectivity index (χ1n) is 5.73. The number of nitrogens with zero attached hydrogens (tertiary/aromatic N) is 1. The highest BCUT2D eigenvalue weighted by Crippen LogP contribution is 2.23. The molecular formula is C12H18N2O2S. The molecule has 0 aliphatic carbocycles. The monoisotopic (exact) mass is 254 g/mol. The predicted molar refractivity (Wildman–Crippen MR) is 67.1 cm³/mol. The largest absolute Gasteiger partial charge is 0.326 e. The molecule has 2 rings (SSSR count). The Labute approximate surface area is 102 Å². The Balaban J connectivity index is 2.28. The lowest BCUT2D eigenvalue weighted by Crippen LogP contribution is -2.32. The molecule has 1 aromatic carbocycles. The van der Waals surface area contributed by atoms with E-state index in [1.807, 2.05) is 26.0 Å². The topological polar surface area (TPSA) is 63.4 Å². The number of hydrogen-bond donors (Lipinski definition) is 1. The molecule has 2 atom stereocenters. The average molecular weight is 254 g/mol. The summed E-state index contributed by atoms with van der Waals surface area (Å²) in [6.07, 6.45) is 0. The third-order valence-corrected chi connectivity index (χ3v) is 5.14. The van der Waals surface area contributed by atoms with Crippen molar-refractivity contribution >= 4 is 10.0 Å². The van der Waals surface area contributed by atoms with Gasteiger partial charge < -0.3 is 5.73 Å². The van der Waals surface area contributed by atoms with Crippen LogP contribution in [0.1, 0.15) is 12.5 Å². The summed E-state index contributed by atoms with van der Waals surface area (Å²) >= 11 is 0. The molecule has 1 aliphatic rings. The van der Waals surface area contributed by atoms with Crippen molar-refractivity contribution in [2.75, 3.05) is 13.1 Å². The maximum Gasteiger partial charge on any atom is 0.243 e. The SMILES string of the molecule is Cc1ccc(S(=O)(=O)N2CC(C)C(N)C2)cc1. The van der Waals surface area contributed by atoms with Crippen molar-refractivity contribution in [2.24, 2.45) is 11.7 Å². The molecule has 17 heavy (non-hydrogen) atoms. The lowest BCUT2D eigenvalue weighted by molar-refractivity contribution is 0.464. The summed E-state index contributed by atoms with van der Waals surface area (Å²) in [6, 6.07) is 6.87. The lowest BCUT2D eigenvalue weighted by Gasteiger charge is -2.16. The summed E-state index contributed by atoms with van der Waals surface area (Å²) in [5.41, 5.74) is 6.91. The highest BCUT2D eigenvalue weighted by atomic mass is 32.2. The number of hydrogen-bond acceptors (Lipinski definition) is 3. The zero-order valence-electron chi connectivity index (χ0n) is 10.1. The number of sulfonamides is 1. The fourth-order valence-corrected chi connectivity index (χ4v) is 3.58. The Hall–Kier alpha value is -0.910. The molecule has 1 fully saturated rings.